The molecule has 0 amide bonds. The van der Waals surface area contributed by atoms with Gasteiger partial charge in [0, 0.05) is 0 Å². The molecule has 0 bridgehead atoms. The minimum absolute atomic E-state index is 0.0229. The smallest absolute Gasteiger partial charge is 0.180 e. The molecule has 1 aliphatic heterocycles. The maximum absolute atomic E-state index is 14.1. The fourth-order valence-electron chi connectivity index (χ4n) is 4.78. The second-order valence-electron chi connectivity index (χ2n) is 8.46. The van der Waals surface area contributed by atoms with Crippen LogP contribution in [0.1, 0.15) is 22.3 Å². The number of carbonyl (C=O) groups is 1. The van der Waals surface area contributed by atoms with E-state index in [1.807, 2.05) is 103 Å². The third-order valence-electron chi connectivity index (χ3n) is 6.44. The van der Waals surface area contributed by atoms with Crippen LogP contribution in [0.4, 0.5) is 0 Å². The summed E-state index contributed by atoms with van der Waals surface area (Å²) in [7, 11) is 0. The molecule has 0 radical (unpaired) electrons. The monoisotopic (exact) mass is 441 g/mol. The third kappa shape index (κ3) is 3.58. The van der Waals surface area contributed by atoms with Crippen molar-refractivity contribution in [1.29, 1.82) is 5.26 Å². The summed E-state index contributed by atoms with van der Waals surface area (Å²) in [4.78, 5) is 18.9. The van der Waals surface area contributed by atoms with E-state index in [1.54, 1.807) is 6.07 Å². The molecule has 0 spiro atoms. The van der Waals surface area contributed by atoms with Crippen molar-refractivity contribution in [2.24, 2.45) is 16.6 Å². The number of Topliss-reactive ketones (excluding diaryl/α,β-unsaturated/α-hetero) is 1. The molecule has 2 N–H and O–H groups in total. The molecule has 4 nitrogen and oxygen atoms in total. The topological polar surface area (TPSA) is 79.2 Å². The summed E-state index contributed by atoms with van der Waals surface area (Å²) >= 11 is 0. The summed E-state index contributed by atoms with van der Waals surface area (Å²) in [6, 6.07) is 37.0. The Labute approximate surface area is 199 Å². The fourth-order valence-corrected chi connectivity index (χ4v) is 4.78. The second-order valence-corrected chi connectivity index (χ2v) is 8.46. The number of amidine groups is 1. The molecular formula is C30H23N3O. The number of nitrogens with zero attached hydrogens (tertiary/aromatic N) is 2. The molecular weight excluding hydrogens is 418 g/mol. The van der Waals surface area contributed by atoms with E-state index in [9.17, 15) is 10.1 Å². The molecule has 1 aliphatic rings. The molecule has 34 heavy (non-hydrogen) atoms. The molecule has 0 fully saturated rings. The first-order chi connectivity index (χ1) is 16.6. The van der Waals surface area contributed by atoms with Crippen molar-refractivity contribution in [2.75, 3.05) is 0 Å². The van der Waals surface area contributed by atoms with Gasteiger partial charge in [0.2, 0.25) is 0 Å². The lowest BCUT2D eigenvalue weighted by atomic mass is 9.76. The Morgan fingerprint density at radius 1 is 0.824 bits per heavy atom. The Hall–Kier alpha value is -4.49. The molecule has 1 atom stereocenters. The van der Waals surface area contributed by atoms with Gasteiger partial charge in [-0.25, -0.2) is 4.99 Å². The van der Waals surface area contributed by atoms with Crippen LogP contribution in [0.15, 0.2) is 114 Å². The van der Waals surface area contributed by atoms with E-state index in [2.05, 4.69) is 6.07 Å². The lowest BCUT2D eigenvalue weighted by Gasteiger charge is -2.27. The average molecular weight is 442 g/mol. The normalized spacial score (nSPS) is 16.6. The van der Waals surface area contributed by atoms with E-state index in [4.69, 9.17) is 10.7 Å². The Morgan fingerprint density at radius 2 is 1.44 bits per heavy atom. The van der Waals surface area contributed by atoms with Gasteiger partial charge in [-0.1, -0.05) is 103 Å². The first kappa shape index (κ1) is 21.4. The fraction of sp³-hybridized carbons (Fsp3) is 0.100. The summed E-state index contributed by atoms with van der Waals surface area (Å²) in [6.07, 6.45) is 0.443. The number of benzene rings is 4. The van der Waals surface area contributed by atoms with E-state index in [0.29, 0.717) is 17.8 Å². The van der Waals surface area contributed by atoms with Crippen molar-refractivity contribution in [2.45, 2.75) is 12.0 Å². The van der Waals surface area contributed by atoms with Crippen LogP contribution in [0.25, 0.3) is 11.1 Å². The minimum atomic E-state index is -1.15. The van der Waals surface area contributed by atoms with Crippen LogP contribution < -0.4 is 5.73 Å². The second kappa shape index (κ2) is 8.80. The van der Waals surface area contributed by atoms with Gasteiger partial charge in [0.1, 0.15) is 5.84 Å². The average Bonchev–Trinajstić information content (AvgIpc) is 3.15. The number of nitrogens with two attached hydrogens (primary N) is 1. The number of aliphatic imine (C=N–C) groups is 1. The van der Waals surface area contributed by atoms with E-state index >= 15 is 0 Å². The molecule has 0 aromatic heterocycles. The zero-order valence-corrected chi connectivity index (χ0v) is 18.6. The van der Waals surface area contributed by atoms with Crippen molar-refractivity contribution in [3.8, 4) is 17.2 Å². The zero-order chi connectivity index (χ0) is 23.5. The zero-order valence-electron chi connectivity index (χ0n) is 18.6. The molecule has 1 unspecified atom stereocenters. The number of rotatable bonds is 5. The van der Waals surface area contributed by atoms with Crippen LogP contribution in [-0.4, -0.2) is 11.6 Å². The molecule has 4 aromatic carbocycles. The number of carbonyl (C=O) groups excluding carboxylic acids is 1. The van der Waals surface area contributed by atoms with Gasteiger partial charge in [-0.05, 0) is 40.3 Å². The minimum Gasteiger partial charge on any atom is -0.387 e. The highest BCUT2D eigenvalue weighted by molar-refractivity contribution is 6.15. The van der Waals surface area contributed by atoms with E-state index in [1.165, 1.54) is 0 Å². The van der Waals surface area contributed by atoms with Crippen LogP contribution in [0.5, 0.6) is 0 Å². The lowest BCUT2D eigenvalue weighted by Crippen LogP contribution is -2.37. The third-order valence-corrected chi connectivity index (χ3v) is 6.44. The van der Waals surface area contributed by atoms with Gasteiger partial charge in [-0.15, -0.1) is 0 Å². The Morgan fingerprint density at radius 3 is 2.09 bits per heavy atom. The van der Waals surface area contributed by atoms with Gasteiger partial charge in [0.15, 0.2) is 11.3 Å². The van der Waals surface area contributed by atoms with Crippen LogP contribution in [0.2, 0.25) is 0 Å². The maximum Gasteiger partial charge on any atom is 0.180 e. The number of ketones is 1. The Balaban J connectivity index is 1.53. The molecule has 0 aliphatic carbocycles. The molecule has 0 saturated heterocycles. The lowest BCUT2D eigenvalue weighted by molar-refractivity contribution is -0.123. The van der Waals surface area contributed by atoms with Crippen molar-refractivity contribution in [3.63, 3.8) is 0 Å². The molecule has 164 valence electrons. The molecule has 1 heterocycles. The number of hydrogen-bond acceptors (Lipinski definition) is 4. The highest BCUT2D eigenvalue weighted by Crippen LogP contribution is 2.42. The van der Waals surface area contributed by atoms with Crippen molar-refractivity contribution >= 4 is 11.6 Å². The molecule has 5 rings (SSSR count). The van der Waals surface area contributed by atoms with Crippen LogP contribution >= 0.6 is 0 Å². The molecule has 4 aromatic rings. The van der Waals surface area contributed by atoms with E-state index < -0.39 is 11.5 Å². The highest BCUT2D eigenvalue weighted by atomic mass is 16.1. The SMILES string of the molecule is N#Cc1ccccc1-c1cccc(CC2C(=O)C(c3ccccc3)(c3ccccc3)N=C2N)c1. The van der Waals surface area contributed by atoms with Crippen LogP contribution in [-0.2, 0) is 16.8 Å². The molecule has 0 saturated carbocycles. The van der Waals surface area contributed by atoms with Gasteiger partial charge in [-0.3, -0.25) is 4.79 Å². The van der Waals surface area contributed by atoms with Gasteiger partial charge < -0.3 is 5.73 Å². The standard InChI is InChI=1S/C30H23N3O/c31-20-23-11-7-8-17-26(23)22-12-9-10-21(18-22)19-27-28(34)30(33-29(27)32,24-13-3-1-4-14-24)25-15-5-2-6-16-25/h1-18,27H,19H2,(H2,32,33). The first-order valence-electron chi connectivity index (χ1n) is 11.2. The summed E-state index contributed by atoms with van der Waals surface area (Å²) < 4.78 is 0. The van der Waals surface area contributed by atoms with Gasteiger partial charge >= 0.3 is 0 Å². The highest BCUT2D eigenvalue weighted by Gasteiger charge is 2.51. The van der Waals surface area contributed by atoms with E-state index in [-0.39, 0.29) is 5.78 Å². The van der Waals surface area contributed by atoms with Crippen LogP contribution in [0.3, 0.4) is 0 Å². The van der Waals surface area contributed by atoms with Crippen molar-refractivity contribution < 1.29 is 4.79 Å². The predicted molar refractivity (Wildman–Crippen MR) is 134 cm³/mol. The summed E-state index contributed by atoms with van der Waals surface area (Å²) in [5, 5.41) is 9.50. The summed E-state index contributed by atoms with van der Waals surface area (Å²) in [6.45, 7) is 0. The van der Waals surface area contributed by atoms with Crippen LogP contribution in [0, 0.1) is 17.2 Å². The first-order valence-corrected chi connectivity index (χ1v) is 11.2. The van der Waals surface area contributed by atoms with Gasteiger partial charge in [-0.2, -0.15) is 5.26 Å². The largest absolute Gasteiger partial charge is 0.387 e. The van der Waals surface area contributed by atoms with Gasteiger partial charge in [0.25, 0.3) is 0 Å². The predicted octanol–water partition coefficient (Wildman–Crippen LogP) is 5.27. The summed E-state index contributed by atoms with van der Waals surface area (Å²) in [5.41, 5.74) is 10.3. The Bertz CT molecular complexity index is 1380. The quantitative estimate of drug-likeness (QED) is 0.458. The van der Waals surface area contributed by atoms with Gasteiger partial charge in [0.05, 0.1) is 17.6 Å². The van der Waals surface area contributed by atoms with Crippen molar-refractivity contribution in [3.05, 3.63) is 131 Å². The number of nitriles is 1. The molecule has 4 heteroatoms. The number of hydrogen-bond donors (Lipinski definition) is 1. The maximum atomic E-state index is 14.1. The van der Waals surface area contributed by atoms with E-state index in [0.717, 1.165) is 27.8 Å². The Kier molecular flexibility index (Phi) is 5.53. The van der Waals surface area contributed by atoms with Crippen molar-refractivity contribution in [1.82, 2.24) is 0 Å². The summed E-state index contributed by atoms with van der Waals surface area (Å²) in [5.74, 6) is -0.215.